The molecule has 0 aliphatic carbocycles. The molecule has 164 valence electrons. The zero-order chi connectivity index (χ0) is 20.1. The molecule has 0 aromatic rings. The Bertz CT molecular complexity index is 350. The molecular formula is C24H44O4. The van der Waals surface area contributed by atoms with Crippen molar-refractivity contribution in [1.82, 2.24) is 0 Å². The van der Waals surface area contributed by atoms with Crippen LogP contribution < -0.4 is 0 Å². The highest BCUT2D eigenvalue weighted by molar-refractivity contribution is 5.48. The third-order valence-electron chi connectivity index (χ3n) is 5.00. The molecule has 2 aliphatic heterocycles. The van der Waals surface area contributed by atoms with Gasteiger partial charge in [0.15, 0.2) is 0 Å². The molecule has 2 rings (SSSR count). The Hall–Kier alpha value is -0.710. The number of aldehydes is 1. The van der Waals surface area contributed by atoms with Crippen LogP contribution in [0.4, 0.5) is 0 Å². The molecule has 0 N–H and O–H groups in total. The molecule has 2 heterocycles. The predicted octanol–water partition coefficient (Wildman–Crippen LogP) is 6.02. The zero-order valence-corrected chi connectivity index (χ0v) is 18.2. The quantitative estimate of drug-likeness (QED) is 0.116. The van der Waals surface area contributed by atoms with Gasteiger partial charge in [-0.1, -0.05) is 70.4 Å². The first-order valence-corrected chi connectivity index (χ1v) is 11.8. The summed E-state index contributed by atoms with van der Waals surface area (Å²) in [6.07, 6.45) is 24.4. The third kappa shape index (κ3) is 20.0. The van der Waals surface area contributed by atoms with E-state index >= 15 is 0 Å². The molecule has 0 amide bonds. The van der Waals surface area contributed by atoms with Crippen molar-refractivity contribution in [3.05, 3.63) is 12.2 Å². The topological polar surface area (TPSA) is 51.4 Å². The van der Waals surface area contributed by atoms with Gasteiger partial charge in [0, 0.05) is 6.42 Å². The van der Waals surface area contributed by atoms with Crippen LogP contribution in [0.3, 0.4) is 0 Å². The normalized spacial score (nSPS) is 20.0. The van der Waals surface area contributed by atoms with Gasteiger partial charge in [0.1, 0.15) is 18.5 Å². The van der Waals surface area contributed by atoms with E-state index in [9.17, 15) is 4.79 Å². The van der Waals surface area contributed by atoms with Gasteiger partial charge in [-0.05, 0) is 32.1 Å². The molecule has 2 unspecified atom stereocenters. The van der Waals surface area contributed by atoms with Gasteiger partial charge in [0.25, 0.3) is 0 Å². The fraction of sp³-hybridized carbons (Fsp3) is 0.875. The predicted molar refractivity (Wildman–Crippen MR) is 116 cm³/mol. The van der Waals surface area contributed by atoms with Crippen LogP contribution >= 0.6 is 0 Å². The first kappa shape index (κ1) is 25.3. The molecule has 0 spiro atoms. The van der Waals surface area contributed by atoms with Crippen molar-refractivity contribution < 1.29 is 19.0 Å². The van der Waals surface area contributed by atoms with Crippen LogP contribution in [-0.4, -0.2) is 44.9 Å². The van der Waals surface area contributed by atoms with E-state index in [2.05, 4.69) is 19.1 Å². The average molecular weight is 397 g/mol. The second kappa shape index (κ2) is 19.6. The van der Waals surface area contributed by atoms with Gasteiger partial charge >= 0.3 is 0 Å². The monoisotopic (exact) mass is 396 g/mol. The SMILES string of the molecule is C(OCC1CO1)C1CO1.CCCCCCCCC=CCCCCCCCC=O. The summed E-state index contributed by atoms with van der Waals surface area (Å²) in [4.78, 5) is 10.1. The summed E-state index contributed by atoms with van der Waals surface area (Å²) in [6.45, 7) is 5.53. The average Bonchev–Trinajstić information content (AvgIpc) is 3.61. The van der Waals surface area contributed by atoms with Crippen LogP contribution in [0.1, 0.15) is 96.8 Å². The summed E-state index contributed by atoms with van der Waals surface area (Å²) in [5.74, 6) is 0. The van der Waals surface area contributed by atoms with Crippen LogP contribution in [-0.2, 0) is 19.0 Å². The number of carbonyl (C=O) groups is 1. The second-order valence-corrected chi connectivity index (χ2v) is 7.99. The number of ether oxygens (including phenoxy) is 3. The number of epoxide rings is 2. The lowest BCUT2D eigenvalue weighted by Gasteiger charge is -1.98. The summed E-state index contributed by atoms with van der Waals surface area (Å²) in [5, 5.41) is 0. The summed E-state index contributed by atoms with van der Waals surface area (Å²) < 4.78 is 15.1. The number of carbonyl (C=O) groups excluding carboxylic acids is 1. The van der Waals surface area contributed by atoms with E-state index in [-0.39, 0.29) is 0 Å². The number of rotatable bonds is 19. The smallest absolute Gasteiger partial charge is 0.119 e. The lowest BCUT2D eigenvalue weighted by Crippen LogP contribution is -2.06. The third-order valence-corrected chi connectivity index (χ3v) is 5.00. The maximum Gasteiger partial charge on any atom is 0.119 e. The van der Waals surface area contributed by atoms with Gasteiger partial charge in [0.05, 0.1) is 26.4 Å². The standard InChI is InChI=1S/C18H34O.C6H10O3/c1-2-3-4-5-6-7-8-9-10-11-12-13-14-15-16-17-18-19;1(5-3-8-5)7-2-6-4-9-6/h9-10,18H,2-8,11-17H2,1H3;5-6H,1-4H2. The minimum Gasteiger partial charge on any atom is -0.376 e. The van der Waals surface area contributed by atoms with Gasteiger partial charge in [-0.25, -0.2) is 0 Å². The molecule has 2 saturated heterocycles. The van der Waals surface area contributed by atoms with Gasteiger partial charge in [-0.3, -0.25) is 0 Å². The summed E-state index contributed by atoms with van der Waals surface area (Å²) >= 11 is 0. The molecule has 0 aromatic carbocycles. The highest BCUT2D eigenvalue weighted by Crippen LogP contribution is 2.12. The Balaban J connectivity index is 0.000000354. The van der Waals surface area contributed by atoms with Crippen LogP contribution in [0.15, 0.2) is 12.2 Å². The lowest BCUT2D eigenvalue weighted by atomic mass is 10.1. The van der Waals surface area contributed by atoms with Crippen molar-refractivity contribution in [2.24, 2.45) is 0 Å². The van der Waals surface area contributed by atoms with E-state index in [1.165, 1.54) is 77.0 Å². The molecule has 28 heavy (non-hydrogen) atoms. The fourth-order valence-electron chi connectivity index (χ4n) is 2.96. The summed E-state index contributed by atoms with van der Waals surface area (Å²) in [5.41, 5.74) is 0. The van der Waals surface area contributed by atoms with E-state index in [1.54, 1.807) is 0 Å². The van der Waals surface area contributed by atoms with E-state index in [0.717, 1.165) is 45.6 Å². The number of allylic oxidation sites excluding steroid dienone is 2. The highest BCUT2D eigenvalue weighted by atomic mass is 16.6. The molecule has 4 heteroatoms. The lowest BCUT2D eigenvalue weighted by molar-refractivity contribution is -0.107. The van der Waals surface area contributed by atoms with Gasteiger partial charge < -0.3 is 19.0 Å². The highest BCUT2D eigenvalue weighted by Gasteiger charge is 2.26. The Kier molecular flexibility index (Phi) is 17.7. The van der Waals surface area contributed by atoms with E-state index in [1.807, 2.05) is 0 Å². The molecule has 0 radical (unpaired) electrons. The fourth-order valence-corrected chi connectivity index (χ4v) is 2.96. The largest absolute Gasteiger partial charge is 0.376 e. The van der Waals surface area contributed by atoms with Crippen LogP contribution in [0.2, 0.25) is 0 Å². The maximum absolute atomic E-state index is 10.1. The molecule has 0 aromatic heterocycles. The number of hydrogen-bond acceptors (Lipinski definition) is 4. The van der Waals surface area contributed by atoms with Crippen LogP contribution in [0.5, 0.6) is 0 Å². The molecule has 2 atom stereocenters. The Morgan fingerprint density at radius 1 is 0.714 bits per heavy atom. The first-order valence-electron chi connectivity index (χ1n) is 11.8. The molecule has 2 aliphatic rings. The summed E-state index contributed by atoms with van der Waals surface area (Å²) in [6, 6.07) is 0. The van der Waals surface area contributed by atoms with Crippen molar-refractivity contribution in [3.8, 4) is 0 Å². The van der Waals surface area contributed by atoms with E-state index < -0.39 is 0 Å². The Morgan fingerprint density at radius 2 is 1.14 bits per heavy atom. The minimum atomic E-state index is 0.392. The Morgan fingerprint density at radius 3 is 1.57 bits per heavy atom. The van der Waals surface area contributed by atoms with Crippen molar-refractivity contribution in [3.63, 3.8) is 0 Å². The Labute approximate surface area is 173 Å². The number of hydrogen-bond donors (Lipinski definition) is 0. The molecular weight excluding hydrogens is 352 g/mol. The minimum absolute atomic E-state index is 0.392. The zero-order valence-electron chi connectivity index (χ0n) is 18.2. The first-order chi connectivity index (χ1) is 13.9. The van der Waals surface area contributed by atoms with E-state index in [4.69, 9.17) is 14.2 Å². The molecule has 0 bridgehead atoms. The van der Waals surface area contributed by atoms with Gasteiger partial charge in [-0.15, -0.1) is 0 Å². The summed E-state index contributed by atoms with van der Waals surface area (Å²) in [7, 11) is 0. The molecule has 0 saturated carbocycles. The molecule has 4 nitrogen and oxygen atoms in total. The maximum atomic E-state index is 10.1. The van der Waals surface area contributed by atoms with Gasteiger partial charge in [-0.2, -0.15) is 0 Å². The van der Waals surface area contributed by atoms with E-state index in [0.29, 0.717) is 12.2 Å². The van der Waals surface area contributed by atoms with Crippen molar-refractivity contribution >= 4 is 6.29 Å². The van der Waals surface area contributed by atoms with Crippen molar-refractivity contribution in [2.45, 2.75) is 109 Å². The number of unbranched alkanes of at least 4 members (excludes halogenated alkanes) is 12. The van der Waals surface area contributed by atoms with Crippen molar-refractivity contribution in [2.75, 3.05) is 26.4 Å². The van der Waals surface area contributed by atoms with Crippen LogP contribution in [0, 0.1) is 0 Å². The molecule has 2 fully saturated rings. The second-order valence-electron chi connectivity index (χ2n) is 7.99. The van der Waals surface area contributed by atoms with Crippen molar-refractivity contribution in [1.29, 1.82) is 0 Å². The van der Waals surface area contributed by atoms with Crippen LogP contribution in [0.25, 0.3) is 0 Å². The van der Waals surface area contributed by atoms with Gasteiger partial charge in [0.2, 0.25) is 0 Å².